The van der Waals surface area contributed by atoms with Gasteiger partial charge >= 0.3 is 30.5 Å². The molecule has 20 valence electrons. The molecule has 0 aromatic carbocycles. The fourth-order valence-corrected chi connectivity index (χ4v) is 0. The predicted octanol–water partition coefficient (Wildman–Crippen LogP) is 0.457. The molecule has 0 N–H and O–H groups in total. The van der Waals surface area contributed by atoms with E-state index in [0.717, 1.165) is 0 Å². The van der Waals surface area contributed by atoms with E-state index in [2.05, 4.69) is 0 Å². The first kappa shape index (κ1) is 9.20. The molecule has 0 aliphatic heterocycles. The molecule has 0 aliphatic rings. The molecular formula is CdF2Pb. The molecule has 0 aromatic rings. The Hall–Kier alpha value is 1.70. The van der Waals surface area contributed by atoms with Crippen LogP contribution in [0.3, 0.4) is 0 Å². The van der Waals surface area contributed by atoms with Gasteiger partial charge in [-0.15, -0.1) is 0 Å². The molecule has 0 atom stereocenters. The molecule has 0 aliphatic carbocycles. The van der Waals surface area contributed by atoms with E-state index in [1.165, 1.54) is 0 Å². The second kappa shape index (κ2) is 8.83. The minimum absolute atomic E-state index is 0. The third kappa shape index (κ3) is 9.33. The molecule has 0 bridgehead atoms. The fourth-order valence-electron chi connectivity index (χ4n) is 0. The van der Waals surface area contributed by atoms with E-state index in [9.17, 15) is 5.02 Å². The maximum atomic E-state index is 9.82. The summed E-state index contributed by atoms with van der Waals surface area (Å²) in [6.45, 7) is 0. The minimum atomic E-state index is -2.92. The molecule has 0 amide bonds. The first-order valence-electron chi connectivity index (χ1n) is 0.378. The third-order valence-corrected chi connectivity index (χ3v) is 0. The first-order valence-corrected chi connectivity index (χ1v) is 3.32. The summed E-state index contributed by atoms with van der Waals surface area (Å²) in [6, 6.07) is 0. The van der Waals surface area contributed by atoms with Crippen molar-refractivity contribution in [2.24, 2.45) is 0 Å². The van der Waals surface area contributed by atoms with Crippen molar-refractivity contribution < 1.29 is 32.3 Å². The van der Waals surface area contributed by atoms with Crippen LogP contribution in [0, 0.1) is 0 Å². The van der Waals surface area contributed by atoms with Gasteiger partial charge in [0.15, 0.2) is 0 Å². The SMILES string of the molecule is [Cd].[F][Pb][F]. The summed E-state index contributed by atoms with van der Waals surface area (Å²) in [6.07, 6.45) is 0. The van der Waals surface area contributed by atoms with Crippen LogP contribution >= 0.6 is 0 Å². The molecule has 4 heteroatoms. The summed E-state index contributed by atoms with van der Waals surface area (Å²) in [5.41, 5.74) is 0. The summed E-state index contributed by atoms with van der Waals surface area (Å²) in [7, 11) is 0. The van der Waals surface area contributed by atoms with Gasteiger partial charge in [-0.05, 0) is 0 Å². The van der Waals surface area contributed by atoms with E-state index in [-0.39, 0.29) is 27.3 Å². The van der Waals surface area contributed by atoms with Crippen molar-refractivity contribution in [3.05, 3.63) is 0 Å². The molecule has 0 saturated carbocycles. The maximum absolute atomic E-state index is 9.82. The zero-order valence-corrected chi connectivity index (χ0v) is 9.89. The molecule has 4 heavy (non-hydrogen) atoms. The fraction of sp³-hybridized carbons (Fsp3) is 0. The molecule has 0 aromatic heterocycles. The Labute approximate surface area is 57.2 Å². The first-order chi connectivity index (χ1) is 1.41. The van der Waals surface area contributed by atoms with E-state index in [1.807, 2.05) is 0 Å². The topological polar surface area (TPSA) is 0 Å². The molecule has 2 radical (unpaired) electrons. The van der Waals surface area contributed by atoms with Gasteiger partial charge in [0.1, 0.15) is 0 Å². The standard InChI is InChI=1S/Cd.2FH.Pb/h;2*1H;/q;;;+2/p-2. The summed E-state index contributed by atoms with van der Waals surface area (Å²) in [5, 5.41) is 0. The van der Waals surface area contributed by atoms with Gasteiger partial charge in [0.25, 0.3) is 0 Å². The van der Waals surface area contributed by atoms with Crippen molar-refractivity contribution in [2.75, 3.05) is 0 Å². The number of rotatable bonds is 0. The van der Waals surface area contributed by atoms with E-state index in [0.29, 0.717) is 0 Å². The Morgan fingerprint density at radius 1 is 1.25 bits per heavy atom. The molecule has 0 heterocycles. The van der Waals surface area contributed by atoms with Gasteiger partial charge in [0.2, 0.25) is 0 Å². The molecule has 0 saturated heterocycles. The Balaban J connectivity index is 0. The second-order valence-electron chi connectivity index (χ2n) is 0.0714. The normalized spacial score (nSPS) is 4.50. The van der Waals surface area contributed by atoms with Crippen LogP contribution in [0.4, 0.5) is 5.02 Å². The third-order valence-electron chi connectivity index (χ3n) is 0. The van der Waals surface area contributed by atoms with Crippen molar-refractivity contribution in [3.8, 4) is 0 Å². The van der Waals surface area contributed by atoms with Crippen LogP contribution < -0.4 is 0 Å². The zero-order chi connectivity index (χ0) is 2.71. The Morgan fingerprint density at radius 3 is 1.25 bits per heavy atom. The van der Waals surface area contributed by atoms with Crippen molar-refractivity contribution in [1.82, 2.24) is 0 Å². The predicted molar refractivity (Wildman–Crippen MR) is 7.97 cm³/mol. The van der Waals surface area contributed by atoms with E-state index < -0.39 is 25.5 Å². The number of hydrogen-bond donors (Lipinski definition) is 0. The van der Waals surface area contributed by atoms with E-state index >= 15 is 0 Å². The number of hydrogen-bond acceptors (Lipinski definition) is 0. The van der Waals surface area contributed by atoms with E-state index in [1.54, 1.807) is 0 Å². The van der Waals surface area contributed by atoms with Crippen LogP contribution in [-0.4, -0.2) is 25.5 Å². The van der Waals surface area contributed by atoms with Gasteiger partial charge in [0, 0.05) is 27.3 Å². The Morgan fingerprint density at radius 2 is 1.25 bits per heavy atom. The van der Waals surface area contributed by atoms with Crippen LogP contribution in [0.2, 0.25) is 0 Å². The van der Waals surface area contributed by atoms with Crippen LogP contribution in [0.5, 0.6) is 0 Å². The number of halogens is 2. The molecule has 0 spiro atoms. The average Bonchev–Trinajstić information content (AvgIpc) is 0.918. The molecule has 0 rings (SSSR count). The Bertz CT molecular complexity index is 6.00. The summed E-state index contributed by atoms with van der Waals surface area (Å²) in [5.74, 6) is 0. The molecular weight excluding hydrogens is 358 g/mol. The van der Waals surface area contributed by atoms with Gasteiger partial charge in [-0.1, -0.05) is 0 Å². The molecule has 0 nitrogen and oxygen atoms in total. The monoisotopic (exact) mass is 360 g/mol. The van der Waals surface area contributed by atoms with Gasteiger partial charge in [-0.2, -0.15) is 0 Å². The van der Waals surface area contributed by atoms with Crippen LogP contribution in [0.25, 0.3) is 0 Å². The van der Waals surface area contributed by atoms with Crippen molar-refractivity contribution in [3.63, 3.8) is 0 Å². The summed E-state index contributed by atoms with van der Waals surface area (Å²) < 4.78 is 19.6. The summed E-state index contributed by atoms with van der Waals surface area (Å²) >= 11 is -2.92. The van der Waals surface area contributed by atoms with Crippen LogP contribution in [-0.2, 0) is 27.3 Å². The van der Waals surface area contributed by atoms with Crippen molar-refractivity contribution >= 4 is 25.5 Å². The van der Waals surface area contributed by atoms with Gasteiger partial charge in [-0.3, -0.25) is 0 Å². The van der Waals surface area contributed by atoms with Gasteiger partial charge in [0.05, 0.1) is 0 Å². The summed E-state index contributed by atoms with van der Waals surface area (Å²) in [4.78, 5) is 0. The van der Waals surface area contributed by atoms with Crippen molar-refractivity contribution in [1.29, 1.82) is 0 Å². The average molecular weight is 358 g/mol. The zero-order valence-electron chi connectivity index (χ0n) is 1.96. The van der Waals surface area contributed by atoms with Crippen LogP contribution in [0.15, 0.2) is 0 Å². The van der Waals surface area contributed by atoms with E-state index in [4.69, 9.17) is 0 Å². The molecule has 0 fully saturated rings. The second-order valence-corrected chi connectivity index (χ2v) is 0.627. The van der Waals surface area contributed by atoms with Gasteiger partial charge < -0.3 is 0 Å². The van der Waals surface area contributed by atoms with Crippen LogP contribution in [0.1, 0.15) is 0 Å². The van der Waals surface area contributed by atoms with Crippen molar-refractivity contribution in [2.45, 2.75) is 0 Å². The quantitative estimate of drug-likeness (QED) is 0.553. The Kier molecular flexibility index (Phi) is 20.3. The van der Waals surface area contributed by atoms with Gasteiger partial charge in [-0.25, -0.2) is 0 Å². The molecule has 0 unspecified atom stereocenters.